The van der Waals surface area contributed by atoms with Crippen molar-refractivity contribution in [3.63, 3.8) is 0 Å². The molecule has 3 aromatic rings. The molecule has 1 unspecified atom stereocenters. The van der Waals surface area contributed by atoms with Crippen LogP contribution >= 0.6 is 0 Å². The molecule has 8 heteroatoms. The van der Waals surface area contributed by atoms with Crippen molar-refractivity contribution in [2.24, 2.45) is 7.05 Å². The summed E-state index contributed by atoms with van der Waals surface area (Å²) >= 11 is 0. The molecule has 1 aliphatic rings. The van der Waals surface area contributed by atoms with Crippen LogP contribution in [0.2, 0.25) is 0 Å². The van der Waals surface area contributed by atoms with E-state index in [0.29, 0.717) is 11.9 Å². The van der Waals surface area contributed by atoms with Gasteiger partial charge in [-0.05, 0) is 36.1 Å². The van der Waals surface area contributed by atoms with Gasteiger partial charge in [0, 0.05) is 19.7 Å². The lowest BCUT2D eigenvalue weighted by molar-refractivity contribution is 0.225. The monoisotopic (exact) mass is 388 g/mol. The normalized spacial score (nSPS) is 16.9. The maximum absolute atomic E-state index is 13.3. The molecule has 0 spiro atoms. The Morgan fingerprint density at radius 1 is 1.26 bits per heavy atom. The second-order valence-electron chi connectivity index (χ2n) is 6.65. The SMILES string of the molecule is Cn1c(=O)oc2cc(S(=O)(=O)N(CCO)C3CCc4ccccc43)ccc21. The number of fused-ring (bicyclic) bond motifs is 2. The zero-order valence-corrected chi connectivity index (χ0v) is 15.6. The minimum atomic E-state index is -3.88. The first kappa shape index (κ1) is 18.0. The van der Waals surface area contributed by atoms with Crippen molar-refractivity contribution in [1.82, 2.24) is 8.87 Å². The van der Waals surface area contributed by atoms with E-state index in [1.165, 1.54) is 21.0 Å². The lowest BCUT2D eigenvalue weighted by Crippen LogP contribution is -2.36. The number of hydrogen-bond acceptors (Lipinski definition) is 5. The summed E-state index contributed by atoms with van der Waals surface area (Å²) in [6.45, 7) is -0.279. The Morgan fingerprint density at radius 3 is 2.81 bits per heavy atom. The molecule has 0 amide bonds. The Kier molecular flexibility index (Phi) is 4.41. The highest BCUT2D eigenvalue weighted by Crippen LogP contribution is 2.38. The first-order valence-electron chi connectivity index (χ1n) is 8.73. The number of oxazole rings is 1. The van der Waals surface area contributed by atoms with Crippen LogP contribution in [0.25, 0.3) is 11.1 Å². The average molecular weight is 388 g/mol. The molecular weight excluding hydrogens is 368 g/mol. The minimum absolute atomic E-state index is 0.00188. The molecule has 0 radical (unpaired) electrons. The standard InChI is InChI=1S/C19H20N2O5S/c1-20-17-9-7-14(12-18(17)26-19(20)23)27(24,25)21(10-11-22)16-8-6-13-4-2-3-5-15(13)16/h2-5,7,9,12,16,22H,6,8,10-11H2,1H3. The fourth-order valence-electron chi connectivity index (χ4n) is 3.79. The Hall–Kier alpha value is -2.42. The molecule has 0 fully saturated rings. The molecule has 27 heavy (non-hydrogen) atoms. The van der Waals surface area contributed by atoms with Crippen LogP contribution in [0.1, 0.15) is 23.6 Å². The molecule has 1 heterocycles. The number of sulfonamides is 1. The molecule has 1 N–H and O–H groups in total. The highest BCUT2D eigenvalue weighted by molar-refractivity contribution is 7.89. The predicted octanol–water partition coefficient (Wildman–Crippen LogP) is 1.80. The van der Waals surface area contributed by atoms with E-state index in [-0.39, 0.29) is 29.7 Å². The maximum Gasteiger partial charge on any atom is 0.419 e. The topological polar surface area (TPSA) is 92.8 Å². The first-order valence-corrected chi connectivity index (χ1v) is 10.2. The molecule has 0 saturated carbocycles. The molecule has 1 aliphatic carbocycles. The Labute approximate surface area is 156 Å². The van der Waals surface area contributed by atoms with E-state index in [4.69, 9.17) is 4.42 Å². The van der Waals surface area contributed by atoms with Gasteiger partial charge < -0.3 is 9.52 Å². The van der Waals surface area contributed by atoms with Gasteiger partial charge in [0.15, 0.2) is 5.58 Å². The average Bonchev–Trinajstić information content (AvgIpc) is 3.20. The number of aromatic nitrogens is 1. The third-order valence-corrected chi connectivity index (χ3v) is 7.04. The lowest BCUT2D eigenvalue weighted by atomic mass is 10.1. The van der Waals surface area contributed by atoms with Gasteiger partial charge in [-0.3, -0.25) is 4.57 Å². The zero-order chi connectivity index (χ0) is 19.2. The largest absolute Gasteiger partial charge is 0.419 e. The van der Waals surface area contributed by atoms with Crippen molar-refractivity contribution in [3.8, 4) is 0 Å². The summed E-state index contributed by atoms with van der Waals surface area (Å²) in [4.78, 5) is 11.7. The number of hydrogen-bond donors (Lipinski definition) is 1. The molecule has 1 atom stereocenters. The van der Waals surface area contributed by atoms with Crippen LogP contribution in [0.4, 0.5) is 0 Å². The van der Waals surface area contributed by atoms with Gasteiger partial charge in [-0.1, -0.05) is 24.3 Å². The quantitative estimate of drug-likeness (QED) is 0.719. The van der Waals surface area contributed by atoms with E-state index in [2.05, 4.69) is 0 Å². The lowest BCUT2D eigenvalue weighted by Gasteiger charge is -2.28. The van der Waals surface area contributed by atoms with E-state index in [1.54, 1.807) is 13.1 Å². The number of aliphatic hydroxyl groups excluding tert-OH is 1. The molecule has 2 aromatic carbocycles. The van der Waals surface area contributed by atoms with Crippen LogP contribution in [0.15, 0.2) is 56.6 Å². The molecule has 0 saturated heterocycles. The Balaban J connectivity index is 1.79. The number of rotatable bonds is 5. The molecule has 0 bridgehead atoms. The summed E-state index contributed by atoms with van der Waals surface area (Å²) < 4.78 is 34.5. The third kappa shape index (κ3) is 2.90. The van der Waals surface area contributed by atoms with E-state index < -0.39 is 15.8 Å². The number of nitrogens with zero attached hydrogens (tertiary/aromatic N) is 2. The summed E-state index contributed by atoms with van der Waals surface area (Å²) in [5, 5.41) is 9.50. The smallest absolute Gasteiger partial charge is 0.408 e. The van der Waals surface area contributed by atoms with Crippen LogP contribution in [0.3, 0.4) is 0 Å². The van der Waals surface area contributed by atoms with Gasteiger partial charge in [0.25, 0.3) is 0 Å². The van der Waals surface area contributed by atoms with Crippen molar-refractivity contribution >= 4 is 21.1 Å². The van der Waals surface area contributed by atoms with Crippen molar-refractivity contribution in [2.45, 2.75) is 23.8 Å². The molecule has 1 aromatic heterocycles. The highest BCUT2D eigenvalue weighted by atomic mass is 32.2. The van der Waals surface area contributed by atoms with Crippen molar-refractivity contribution in [2.75, 3.05) is 13.2 Å². The van der Waals surface area contributed by atoms with Crippen molar-refractivity contribution in [1.29, 1.82) is 0 Å². The fraction of sp³-hybridized carbons (Fsp3) is 0.316. The fourth-order valence-corrected chi connectivity index (χ4v) is 5.43. The molecule has 4 rings (SSSR count). The van der Waals surface area contributed by atoms with Crippen LogP contribution in [0.5, 0.6) is 0 Å². The maximum atomic E-state index is 13.3. The van der Waals surface area contributed by atoms with Gasteiger partial charge in [-0.25, -0.2) is 13.2 Å². The van der Waals surface area contributed by atoms with E-state index in [1.807, 2.05) is 24.3 Å². The van der Waals surface area contributed by atoms with Crippen LogP contribution in [-0.2, 0) is 23.5 Å². The van der Waals surface area contributed by atoms with E-state index in [0.717, 1.165) is 17.5 Å². The van der Waals surface area contributed by atoms with Crippen molar-refractivity contribution < 1.29 is 17.9 Å². The van der Waals surface area contributed by atoms with E-state index in [9.17, 15) is 18.3 Å². The van der Waals surface area contributed by atoms with Gasteiger partial charge in [0.05, 0.1) is 23.1 Å². The molecular formula is C19H20N2O5S. The summed E-state index contributed by atoms with van der Waals surface area (Å²) in [6.07, 6.45) is 1.46. The van der Waals surface area contributed by atoms with Crippen LogP contribution < -0.4 is 5.76 Å². The van der Waals surface area contributed by atoms with Crippen LogP contribution in [0, 0.1) is 0 Å². The molecule has 7 nitrogen and oxygen atoms in total. The highest BCUT2D eigenvalue weighted by Gasteiger charge is 2.36. The first-order chi connectivity index (χ1) is 12.9. The van der Waals surface area contributed by atoms with Gasteiger partial charge in [0.2, 0.25) is 10.0 Å². The second kappa shape index (κ2) is 6.63. The van der Waals surface area contributed by atoms with Crippen LogP contribution in [-0.4, -0.2) is 35.5 Å². The zero-order valence-electron chi connectivity index (χ0n) is 14.8. The van der Waals surface area contributed by atoms with Gasteiger partial charge in [-0.15, -0.1) is 0 Å². The second-order valence-corrected chi connectivity index (χ2v) is 8.54. The van der Waals surface area contributed by atoms with E-state index >= 15 is 0 Å². The van der Waals surface area contributed by atoms with Crippen molar-refractivity contribution in [3.05, 3.63) is 64.1 Å². The number of aliphatic hydroxyl groups is 1. The molecule has 142 valence electrons. The summed E-state index contributed by atoms with van der Waals surface area (Å²) in [7, 11) is -2.32. The Bertz CT molecular complexity index is 1160. The summed E-state index contributed by atoms with van der Waals surface area (Å²) in [5.74, 6) is -0.545. The van der Waals surface area contributed by atoms with Gasteiger partial charge in [0.1, 0.15) is 0 Å². The molecule has 0 aliphatic heterocycles. The predicted molar refractivity (Wildman–Crippen MR) is 99.9 cm³/mol. The Morgan fingerprint density at radius 2 is 2.04 bits per heavy atom. The summed E-state index contributed by atoms with van der Waals surface area (Å²) in [6, 6.07) is 11.9. The summed E-state index contributed by atoms with van der Waals surface area (Å²) in [5.41, 5.74) is 2.85. The number of benzene rings is 2. The number of aryl methyl sites for hydroxylation is 2. The third-order valence-electron chi connectivity index (χ3n) is 5.14. The van der Waals surface area contributed by atoms with Gasteiger partial charge >= 0.3 is 5.76 Å². The van der Waals surface area contributed by atoms with Gasteiger partial charge in [-0.2, -0.15) is 4.31 Å². The minimum Gasteiger partial charge on any atom is -0.408 e.